The van der Waals surface area contributed by atoms with E-state index in [1.165, 1.54) is 0 Å². The molecule has 25 heavy (non-hydrogen) atoms. The van der Waals surface area contributed by atoms with Crippen molar-refractivity contribution in [2.45, 2.75) is 26.9 Å². The maximum absolute atomic E-state index is 12.0. The largest absolute Gasteiger partial charge is 0.481 e. The van der Waals surface area contributed by atoms with Crippen molar-refractivity contribution < 1.29 is 9.53 Å². The van der Waals surface area contributed by atoms with Crippen molar-refractivity contribution in [1.82, 2.24) is 20.2 Å². The minimum Gasteiger partial charge on any atom is -0.481 e. The number of hydrogen-bond acceptors (Lipinski definition) is 3. The van der Waals surface area contributed by atoms with E-state index in [4.69, 9.17) is 11.2 Å². The fraction of sp³-hybridized carbons (Fsp3) is 0.368. The summed E-state index contributed by atoms with van der Waals surface area (Å²) in [4.78, 5) is 16.2. The number of nitrogens with zero attached hydrogens (tertiary/aromatic N) is 2. The maximum Gasteiger partial charge on any atom is 0.315 e. The molecule has 2 rings (SSSR count). The number of rotatable bonds is 8. The zero-order valence-corrected chi connectivity index (χ0v) is 14.7. The van der Waals surface area contributed by atoms with Gasteiger partial charge in [-0.05, 0) is 18.9 Å². The average Bonchev–Trinajstić information content (AvgIpc) is 3.01. The Bertz CT molecular complexity index is 733. The predicted molar refractivity (Wildman–Crippen MR) is 97.1 cm³/mol. The summed E-state index contributed by atoms with van der Waals surface area (Å²) in [5.41, 5.74) is 0.884. The van der Waals surface area contributed by atoms with Crippen molar-refractivity contribution in [2.75, 3.05) is 13.2 Å². The summed E-state index contributed by atoms with van der Waals surface area (Å²) in [6, 6.07) is 7.29. The van der Waals surface area contributed by atoms with Crippen LogP contribution in [0, 0.1) is 25.2 Å². The van der Waals surface area contributed by atoms with Crippen molar-refractivity contribution in [2.24, 2.45) is 5.92 Å². The van der Waals surface area contributed by atoms with Crippen LogP contribution >= 0.6 is 0 Å². The number of para-hydroxylation sites is 1. The zero-order valence-electron chi connectivity index (χ0n) is 14.7. The first-order chi connectivity index (χ1) is 12.1. The molecule has 0 aliphatic carbocycles. The number of amides is 2. The standard InChI is InChI=1S/C19H24N4O2/c1-4-11-25-18-8-6-5-7-17(18)13-22-19(24)21-12-15(2)14-23-10-9-20-16(23)3/h1,5-10,15H,11-14H2,2-3H3,(H2,21,22,24)/t15-/m0/s1. The van der Waals surface area contributed by atoms with E-state index >= 15 is 0 Å². The minimum atomic E-state index is -0.207. The molecule has 2 amide bonds. The number of urea groups is 1. The molecule has 132 valence electrons. The van der Waals surface area contributed by atoms with E-state index < -0.39 is 0 Å². The van der Waals surface area contributed by atoms with Crippen molar-refractivity contribution in [3.05, 3.63) is 48.0 Å². The third-order valence-corrected chi connectivity index (χ3v) is 3.77. The lowest BCUT2D eigenvalue weighted by Gasteiger charge is -2.15. The number of nitrogens with one attached hydrogen (secondary N) is 2. The van der Waals surface area contributed by atoms with Crippen LogP contribution in [0.4, 0.5) is 4.79 Å². The molecule has 0 bridgehead atoms. The Morgan fingerprint density at radius 1 is 1.40 bits per heavy atom. The smallest absolute Gasteiger partial charge is 0.315 e. The van der Waals surface area contributed by atoms with Crippen LogP contribution in [0.3, 0.4) is 0 Å². The van der Waals surface area contributed by atoms with Gasteiger partial charge in [0.05, 0.1) is 0 Å². The topological polar surface area (TPSA) is 68.2 Å². The van der Waals surface area contributed by atoms with E-state index in [0.717, 1.165) is 17.9 Å². The van der Waals surface area contributed by atoms with Gasteiger partial charge in [0.25, 0.3) is 0 Å². The molecule has 1 aromatic carbocycles. The molecule has 0 saturated carbocycles. The molecule has 1 aromatic heterocycles. The monoisotopic (exact) mass is 340 g/mol. The highest BCUT2D eigenvalue weighted by atomic mass is 16.5. The van der Waals surface area contributed by atoms with Crippen LogP contribution in [-0.4, -0.2) is 28.7 Å². The van der Waals surface area contributed by atoms with Crippen LogP contribution in [0.2, 0.25) is 0 Å². The summed E-state index contributed by atoms with van der Waals surface area (Å²) < 4.78 is 7.54. The molecule has 1 atom stereocenters. The van der Waals surface area contributed by atoms with Gasteiger partial charge in [-0.2, -0.15) is 0 Å². The van der Waals surface area contributed by atoms with Gasteiger partial charge in [0.15, 0.2) is 0 Å². The second kappa shape index (κ2) is 9.38. The summed E-state index contributed by atoms with van der Waals surface area (Å²) in [5, 5.41) is 5.73. The summed E-state index contributed by atoms with van der Waals surface area (Å²) in [6.07, 6.45) is 8.94. The number of ether oxygens (including phenoxy) is 1. The molecule has 0 unspecified atom stereocenters. The lowest BCUT2D eigenvalue weighted by molar-refractivity contribution is 0.238. The van der Waals surface area contributed by atoms with E-state index in [-0.39, 0.29) is 12.6 Å². The molecular weight excluding hydrogens is 316 g/mol. The van der Waals surface area contributed by atoms with Crippen molar-refractivity contribution in [1.29, 1.82) is 0 Å². The highest BCUT2D eigenvalue weighted by Gasteiger charge is 2.09. The van der Waals surface area contributed by atoms with Crippen LogP contribution in [0.5, 0.6) is 5.75 Å². The number of imidazole rings is 1. The molecule has 0 saturated heterocycles. The van der Waals surface area contributed by atoms with Crippen LogP contribution in [0.15, 0.2) is 36.7 Å². The summed E-state index contributed by atoms with van der Waals surface area (Å²) in [7, 11) is 0. The molecule has 0 aliphatic heterocycles. The molecule has 0 aliphatic rings. The molecular formula is C19H24N4O2. The average molecular weight is 340 g/mol. The first kappa shape index (κ1) is 18.4. The van der Waals surface area contributed by atoms with Gasteiger partial charge >= 0.3 is 6.03 Å². The van der Waals surface area contributed by atoms with E-state index in [1.807, 2.05) is 37.4 Å². The first-order valence-corrected chi connectivity index (χ1v) is 8.23. The van der Waals surface area contributed by atoms with Gasteiger partial charge in [-0.15, -0.1) is 6.42 Å². The number of carbonyl (C=O) groups is 1. The fourth-order valence-corrected chi connectivity index (χ4v) is 2.41. The van der Waals surface area contributed by atoms with Crippen molar-refractivity contribution in [3.63, 3.8) is 0 Å². The zero-order chi connectivity index (χ0) is 18.1. The van der Waals surface area contributed by atoms with Crippen LogP contribution in [0.1, 0.15) is 18.3 Å². The number of hydrogen-bond donors (Lipinski definition) is 2. The lowest BCUT2D eigenvalue weighted by atomic mass is 10.2. The van der Waals surface area contributed by atoms with Crippen LogP contribution < -0.4 is 15.4 Å². The number of aryl methyl sites for hydroxylation is 1. The Morgan fingerprint density at radius 2 is 2.20 bits per heavy atom. The van der Waals surface area contributed by atoms with Crippen molar-refractivity contribution in [3.8, 4) is 18.1 Å². The minimum absolute atomic E-state index is 0.203. The molecule has 6 heteroatoms. The normalized spacial score (nSPS) is 11.4. The van der Waals surface area contributed by atoms with Crippen molar-refractivity contribution >= 4 is 6.03 Å². The Balaban J connectivity index is 1.75. The van der Waals surface area contributed by atoms with Crippen LogP contribution in [-0.2, 0) is 13.1 Å². The Hall–Kier alpha value is -2.94. The van der Waals surface area contributed by atoms with Gasteiger partial charge in [-0.1, -0.05) is 31.0 Å². The predicted octanol–water partition coefficient (Wildman–Crippen LogP) is 2.34. The third kappa shape index (κ3) is 5.88. The Labute approximate surface area is 148 Å². The summed E-state index contributed by atoms with van der Waals surface area (Å²) in [5.74, 6) is 4.39. The SMILES string of the molecule is C#CCOc1ccccc1CNC(=O)NC[C@H](C)Cn1ccnc1C. The lowest BCUT2D eigenvalue weighted by Crippen LogP contribution is -2.38. The molecule has 2 aromatic rings. The Morgan fingerprint density at radius 3 is 2.92 bits per heavy atom. The second-order valence-electron chi connectivity index (χ2n) is 5.90. The van der Waals surface area contributed by atoms with Gasteiger partial charge < -0.3 is 19.9 Å². The quantitative estimate of drug-likeness (QED) is 0.725. The number of aromatic nitrogens is 2. The number of carbonyl (C=O) groups excluding carboxylic acids is 1. The number of terminal acetylenes is 1. The maximum atomic E-state index is 12.0. The Kier molecular flexibility index (Phi) is 6.90. The van der Waals surface area contributed by atoms with Gasteiger partial charge in [0.2, 0.25) is 0 Å². The molecule has 1 heterocycles. The first-order valence-electron chi connectivity index (χ1n) is 8.23. The molecule has 2 N–H and O–H groups in total. The fourth-order valence-electron chi connectivity index (χ4n) is 2.41. The van der Waals surface area contributed by atoms with Gasteiger partial charge in [-0.25, -0.2) is 9.78 Å². The van der Waals surface area contributed by atoms with Crippen LogP contribution in [0.25, 0.3) is 0 Å². The van der Waals surface area contributed by atoms with E-state index in [9.17, 15) is 4.79 Å². The molecule has 6 nitrogen and oxygen atoms in total. The van der Waals surface area contributed by atoms with E-state index in [1.54, 1.807) is 6.20 Å². The van der Waals surface area contributed by atoms with Gasteiger partial charge in [0.1, 0.15) is 18.2 Å². The van der Waals surface area contributed by atoms with Gasteiger partial charge in [0, 0.05) is 37.6 Å². The molecule has 0 spiro atoms. The highest BCUT2D eigenvalue weighted by Crippen LogP contribution is 2.17. The third-order valence-electron chi connectivity index (χ3n) is 3.77. The second-order valence-corrected chi connectivity index (χ2v) is 5.90. The van der Waals surface area contributed by atoms with E-state index in [2.05, 4.69) is 33.0 Å². The molecule has 0 fully saturated rings. The summed E-state index contributed by atoms with van der Waals surface area (Å²) in [6.45, 7) is 6.03. The number of benzene rings is 1. The van der Waals surface area contributed by atoms with E-state index in [0.29, 0.717) is 24.8 Å². The molecule has 0 radical (unpaired) electrons. The highest BCUT2D eigenvalue weighted by molar-refractivity contribution is 5.73. The summed E-state index contributed by atoms with van der Waals surface area (Å²) >= 11 is 0. The van der Waals surface area contributed by atoms with Gasteiger partial charge in [-0.3, -0.25) is 0 Å².